The molecule has 2 heterocycles. The van der Waals surface area contributed by atoms with E-state index in [2.05, 4.69) is 20.1 Å². The van der Waals surface area contributed by atoms with E-state index in [4.69, 9.17) is 16.3 Å². The van der Waals surface area contributed by atoms with Crippen LogP contribution in [0, 0.1) is 6.92 Å². The summed E-state index contributed by atoms with van der Waals surface area (Å²) >= 11 is 7.11. The molecule has 2 aromatic heterocycles. The Labute approximate surface area is 107 Å². The van der Waals surface area contributed by atoms with E-state index in [0.717, 1.165) is 10.7 Å². The van der Waals surface area contributed by atoms with Crippen LogP contribution < -0.4 is 4.74 Å². The van der Waals surface area contributed by atoms with Crippen molar-refractivity contribution in [3.8, 4) is 6.01 Å². The lowest BCUT2D eigenvalue weighted by molar-refractivity contribution is 0.373. The Balaban J connectivity index is 2.29. The average Bonchev–Trinajstić information content (AvgIpc) is 2.56. The highest BCUT2D eigenvalue weighted by Crippen LogP contribution is 2.26. The van der Waals surface area contributed by atoms with E-state index >= 15 is 0 Å². The molecular formula is C9H10ClN5OS. The molecule has 6 nitrogen and oxygen atoms in total. The predicted octanol–water partition coefficient (Wildman–Crippen LogP) is 1.73. The summed E-state index contributed by atoms with van der Waals surface area (Å²) < 4.78 is 6.68. The van der Waals surface area contributed by atoms with Crippen molar-refractivity contribution in [2.24, 2.45) is 7.05 Å². The molecule has 0 unspecified atom stereocenters. The maximum Gasteiger partial charge on any atom is 0.321 e. The van der Waals surface area contributed by atoms with Gasteiger partial charge in [0.2, 0.25) is 10.4 Å². The van der Waals surface area contributed by atoms with Gasteiger partial charge in [-0.15, -0.1) is 0 Å². The first-order valence-corrected chi connectivity index (χ1v) is 5.92. The van der Waals surface area contributed by atoms with E-state index in [1.54, 1.807) is 4.68 Å². The Bertz CT molecular complexity index is 544. The summed E-state index contributed by atoms with van der Waals surface area (Å²) in [7, 11) is 3.34. The van der Waals surface area contributed by atoms with Gasteiger partial charge < -0.3 is 4.74 Å². The number of hydrogen-bond donors (Lipinski definition) is 0. The van der Waals surface area contributed by atoms with Crippen LogP contribution in [-0.4, -0.2) is 31.8 Å². The summed E-state index contributed by atoms with van der Waals surface area (Å²) in [6, 6.07) is 2.14. The molecule has 0 fully saturated rings. The molecule has 2 rings (SSSR count). The van der Waals surface area contributed by atoms with Gasteiger partial charge in [0.15, 0.2) is 0 Å². The molecule has 0 aliphatic rings. The van der Waals surface area contributed by atoms with E-state index in [-0.39, 0.29) is 11.3 Å². The number of methoxy groups -OCH3 is 1. The molecule has 2 aromatic rings. The lowest BCUT2D eigenvalue weighted by Crippen LogP contribution is -1.98. The Morgan fingerprint density at radius 3 is 2.71 bits per heavy atom. The quantitative estimate of drug-likeness (QED) is 0.847. The minimum atomic E-state index is 0.109. The minimum Gasteiger partial charge on any atom is -0.467 e. The van der Waals surface area contributed by atoms with Gasteiger partial charge in [-0.05, 0) is 36.4 Å². The highest BCUT2D eigenvalue weighted by molar-refractivity contribution is 7.99. The van der Waals surface area contributed by atoms with Gasteiger partial charge in [0.1, 0.15) is 5.03 Å². The summed E-state index contributed by atoms with van der Waals surface area (Å²) in [6.07, 6.45) is 0. The van der Waals surface area contributed by atoms with Gasteiger partial charge >= 0.3 is 6.01 Å². The van der Waals surface area contributed by atoms with Gasteiger partial charge in [0, 0.05) is 7.05 Å². The first-order valence-electron chi connectivity index (χ1n) is 4.72. The zero-order valence-electron chi connectivity index (χ0n) is 9.51. The van der Waals surface area contributed by atoms with Crippen molar-refractivity contribution in [2.45, 2.75) is 17.1 Å². The maximum absolute atomic E-state index is 5.76. The van der Waals surface area contributed by atoms with Crippen molar-refractivity contribution in [2.75, 3.05) is 7.11 Å². The van der Waals surface area contributed by atoms with E-state index in [9.17, 15) is 0 Å². The van der Waals surface area contributed by atoms with E-state index in [1.807, 2.05) is 20.0 Å². The van der Waals surface area contributed by atoms with Gasteiger partial charge in [0.25, 0.3) is 0 Å². The number of ether oxygens (including phenoxy) is 1. The van der Waals surface area contributed by atoms with Crippen LogP contribution in [0.25, 0.3) is 0 Å². The van der Waals surface area contributed by atoms with Crippen molar-refractivity contribution in [1.29, 1.82) is 0 Å². The summed E-state index contributed by atoms with van der Waals surface area (Å²) in [4.78, 5) is 11.9. The summed E-state index contributed by atoms with van der Waals surface area (Å²) in [6.45, 7) is 1.92. The van der Waals surface area contributed by atoms with Crippen LogP contribution in [0.1, 0.15) is 5.69 Å². The normalized spacial score (nSPS) is 10.6. The van der Waals surface area contributed by atoms with Crippen molar-refractivity contribution < 1.29 is 4.74 Å². The van der Waals surface area contributed by atoms with Crippen LogP contribution >= 0.6 is 23.4 Å². The molecule has 0 amide bonds. The third-order valence-corrected chi connectivity index (χ3v) is 3.03. The molecule has 0 aliphatic carbocycles. The number of aromatic nitrogens is 5. The van der Waals surface area contributed by atoms with Crippen LogP contribution in [0.5, 0.6) is 6.01 Å². The van der Waals surface area contributed by atoms with Crippen LogP contribution in [0.2, 0.25) is 5.28 Å². The fraction of sp³-hybridized carbons (Fsp3) is 0.333. The number of halogens is 1. The summed E-state index contributed by atoms with van der Waals surface area (Å²) in [5.41, 5.74) is 0.933. The van der Waals surface area contributed by atoms with Gasteiger partial charge in [-0.1, -0.05) is 0 Å². The molecule has 0 saturated heterocycles. The number of hydrogen-bond acceptors (Lipinski definition) is 6. The van der Waals surface area contributed by atoms with E-state index < -0.39 is 0 Å². The van der Waals surface area contributed by atoms with Crippen molar-refractivity contribution in [1.82, 2.24) is 24.7 Å². The average molecular weight is 272 g/mol. The lowest BCUT2D eigenvalue weighted by Gasteiger charge is -2.02. The molecular weight excluding hydrogens is 262 g/mol. The third kappa shape index (κ3) is 2.86. The number of rotatable bonds is 3. The zero-order chi connectivity index (χ0) is 12.4. The molecule has 0 spiro atoms. The summed E-state index contributed by atoms with van der Waals surface area (Å²) in [5, 5.41) is 5.74. The lowest BCUT2D eigenvalue weighted by atomic mass is 10.5. The SMILES string of the molecule is COc1nc(Cl)nc(Sc2cc(C)nn2C)n1. The van der Waals surface area contributed by atoms with E-state index in [1.165, 1.54) is 18.9 Å². The second kappa shape index (κ2) is 4.89. The largest absolute Gasteiger partial charge is 0.467 e. The molecule has 0 atom stereocenters. The highest BCUT2D eigenvalue weighted by atomic mass is 35.5. The fourth-order valence-corrected chi connectivity index (χ4v) is 2.28. The topological polar surface area (TPSA) is 65.7 Å². The second-order valence-electron chi connectivity index (χ2n) is 3.22. The Morgan fingerprint density at radius 1 is 1.35 bits per heavy atom. The minimum absolute atomic E-state index is 0.109. The van der Waals surface area contributed by atoms with Crippen molar-refractivity contribution in [3.05, 3.63) is 17.0 Å². The molecule has 0 radical (unpaired) electrons. The molecule has 0 bridgehead atoms. The van der Waals surface area contributed by atoms with E-state index in [0.29, 0.717) is 5.16 Å². The maximum atomic E-state index is 5.76. The Kier molecular flexibility index (Phi) is 3.49. The smallest absolute Gasteiger partial charge is 0.321 e. The molecule has 0 N–H and O–H groups in total. The predicted molar refractivity (Wildman–Crippen MR) is 63.5 cm³/mol. The van der Waals surface area contributed by atoms with Crippen molar-refractivity contribution >= 4 is 23.4 Å². The Hall–Kier alpha value is -1.34. The second-order valence-corrected chi connectivity index (χ2v) is 4.55. The first kappa shape index (κ1) is 12.1. The van der Waals surface area contributed by atoms with Gasteiger partial charge in [-0.2, -0.15) is 20.1 Å². The molecule has 0 aliphatic heterocycles. The van der Waals surface area contributed by atoms with Gasteiger partial charge in [0.05, 0.1) is 12.8 Å². The first-order chi connectivity index (χ1) is 8.08. The Morgan fingerprint density at radius 2 is 2.12 bits per heavy atom. The van der Waals surface area contributed by atoms with Crippen LogP contribution in [0.4, 0.5) is 0 Å². The van der Waals surface area contributed by atoms with Crippen molar-refractivity contribution in [3.63, 3.8) is 0 Å². The van der Waals surface area contributed by atoms with Gasteiger partial charge in [-0.3, -0.25) is 4.68 Å². The third-order valence-electron chi connectivity index (χ3n) is 1.90. The molecule has 8 heteroatoms. The van der Waals surface area contributed by atoms with Crippen LogP contribution in [-0.2, 0) is 7.05 Å². The monoisotopic (exact) mass is 271 g/mol. The van der Waals surface area contributed by atoms with Crippen LogP contribution in [0.3, 0.4) is 0 Å². The number of nitrogens with zero attached hydrogens (tertiary/aromatic N) is 5. The molecule has 0 aromatic carbocycles. The fourth-order valence-electron chi connectivity index (χ4n) is 1.23. The molecule has 90 valence electrons. The molecule has 17 heavy (non-hydrogen) atoms. The zero-order valence-corrected chi connectivity index (χ0v) is 11.1. The standard InChI is InChI=1S/C9H10ClN5OS/c1-5-4-6(15(2)14-5)17-9-12-7(10)11-8(13-9)16-3/h4H,1-3H3. The summed E-state index contributed by atoms with van der Waals surface area (Å²) in [5.74, 6) is 0. The highest BCUT2D eigenvalue weighted by Gasteiger charge is 2.10. The van der Waals surface area contributed by atoms with Crippen LogP contribution in [0.15, 0.2) is 16.2 Å². The number of aryl methyl sites for hydroxylation is 2. The van der Waals surface area contributed by atoms with Gasteiger partial charge in [-0.25, -0.2) is 0 Å². The molecule has 0 saturated carbocycles.